The molecule has 4 rings (SSSR count). The molecule has 0 spiro atoms. The normalized spacial score (nSPS) is 20.1. The lowest BCUT2D eigenvalue weighted by Crippen LogP contribution is -2.45. The molecule has 2 atom stereocenters. The average Bonchev–Trinajstić information content (AvgIpc) is 2.68. The van der Waals surface area contributed by atoms with Crippen LogP contribution in [0.3, 0.4) is 0 Å². The molecular formula is C23H24N2O4. The van der Waals surface area contributed by atoms with E-state index in [1.165, 1.54) is 0 Å². The maximum absolute atomic E-state index is 13.4. The Morgan fingerprint density at radius 1 is 1.00 bits per heavy atom. The van der Waals surface area contributed by atoms with Crippen LogP contribution in [-0.4, -0.2) is 45.8 Å². The van der Waals surface area contributed by atoms with Gasteiger partial charge in [0.15, 0.2) is 0 Å². The Morgan fingerprint density at radius 2 is 1.59 bits per heavy atom. The number of ether oxygens (including phenoxy) is 1. The highest BCUT2D eigenvalue weighted by atomic mass is 16.5. The van der Waals surface area contributed by atoms with Gasteiger partial charge in [0.2, 0.25) is 0 Å². The summed E-state index contributed by atoms with van der Waals surface area (Å²) in [6.45, 7) is 5.73. The van der Waals surface area contributed by atoms with Gasteiger partial charge < -0.3 is 9.84 Å². The number of carboxylic acids is 1. The second kappa shape index (κ2) is 7.81. The van der Waals surface area contributed by atoms with Gasteiger partial charge in [0.05, 0.1) is 23.5 Å². The smallest absolute Gasteiger partial charge is 0.338 e. The molecule has 1 fully saturated rings. The van der Waals surface area contributed by atoms with E-state index in [1.54, 1.807) is 28.8 Å². The van der Waals surface area contributed by atoms with Gasteiger partial charge in [0, 0.05) is 36.1 Å². The van der Waals surface area contributed by atoms with Gasteiger partial charge in [-0.1, -0.05) is 36.4 Å². The lowest BCUT2D eigenvalue weighted by atomic mass is 10.0. The minimum absolute atomic E-state index is 0.0457. The molecule has 1 aromatic heterocycles. The van der Waals surface area contributed by atoms with Gasteiger partial charge >= 0.3 is 5.97 Å². The highest BCUT2D eigenvalue weighted by Gasteiger charge is 2.27. The van der Waals surface area contributed by atoms with Crippen LogP contribution in [0.5, 0.6) is 0 Å². The summed E-state index contributed by atoms with van der Waals surface area (Å²) in [6.07, 6.45) is 0.0914. The average molecular weight is 392 g/mol. The number of rotatable bonds is 4. The third-order valence-electron chi connectivity index (χ3n) is 5.29. The third kappa shape index (κ3) is 3.69. The summed E-state index contributed by atoms with van der Waals surface area (Å²) in [5.74, 6) is -1.03. The first kappa shape index (κ1) is 19.4. The van der Waals surface area contributed by atoms with Crippen molar-refractivity contribution in [2.45, 2.75) is 32.6 Å². The first-order chi connectivity index (χ1) is 14.0. The summed E-state index contributed by atoms with van der Waals surface area (Å²) in [4.78, 5) is 27.9. The molecule has 0 saturated carbocycles. The molecule has 3 aromatic rings. The molecule has 29 heavy (non-hydrogen) atoms. The van der Waals surface area contributed by atoms with Crippen LogP contribution in [0.2, 0.25) is 0 Å². The minimum atomic E-state index is -1.03. The van der Waals surface area contributed by atoms with E-state index in [0.717, 1.165) is 0 Å². The zero-order chi connectivity index (χ0) is 20.5. The Morgan fingerprint density at radius 3 is 2.21 bits per heavy atom. The number of carboxylic acid groups (broad SMARTS) is 1. The molecule has 1 N–H and O–H groups in total. The molecular weight excluding hydrogens is 368 g/mol. The molecule has 1 aliphatic rings. The van der Waals surface area contributed by atoms with E-state index in [1.807, 2.05) is 44.2 Å². The van der Waals surface area contributed by atoms with Gasteiger partial charge in [0.25, 0.3) is 5.56 Å². The second-order valence-corrected chi connectivity index (χ2v) is 7.60. The van der Waals surface area contributed by atoms with E-state index in [9.17, 15) is 14.7 Å². The third-order valence-corrected chi connectivity index (χ3v) is 5.29. The zero-order valence-corrected chi connectivity index (χ0v) is 16.5. The molecule has 6 heteroatoms. The SMILES string of the molecule is C[C@@H]1CN(Cc2c(C(=O)O)c3ccccc3c(=O)n2-c2ccccc2)C[C@H](C)O1. The van der Waals surface area contributed by atoms with Gasteiger partial charge in [-0.15, -0.1) is 0 Å². The molecule has 1 saturated heterocycles. The summed E-state index contributed by atoms with van der Waals surface area (Å²) >= 11 is 0. The lowest BCUT2D eigenvalue weighted by molar-refractivity contribution is -0.0709. The molecule has 150 valence electrons. The van der Waals surface area contributed by atoms with Crippen molar-refractivity contribution >= 4 is 16.7 Å². The van der Waals surface area contributed by atoms with E-state index < -0.39 is 5.97 Å². The maximum Gasteiger partial charge on any atom is 0.338 e. The van der Waals surface area contributed by atoms with Crippen molar-refractivity contribution in [1.82, 2.24) is 9.47 Å². The van der Waals surface area contributed by atoms with E-state index >= 15 is 0 Å². The van der Waals surface area contributed by atoms with Crippen molar-refractivity contribution in [1.29, 1.82) is 0 Å². The van der Waals surface area contributed by atoms with Gasteiger partial charge in [-0.2, -0.15) is 0 Å². The molecule has 1 aliphatic heterocycles. The fourth-order valence-corrected chi connectivity index (χ4v) is 4.26. The van der Waals surface area contributed by atoms with Crippen LogP contribution in [0.1, 0.15) is 29.9 Å². The Labute approximate surface area is 169 Å². The van der Waals surface area contributed by atoms with Crippen LogP contribution in [0.25, 0.3) is 16.5 Å². The second-order valence-electron chi connectivity index (χ2n) is 7.60. The molecule has 2 heterocycles. The number of hydrogen-bond acceptors (Lipinski definition) is 4. The number of nitrogens with zero attached hydrogens (tertiary/aromatic N) is 2. The topological polar surface area (TPSA) is 71.8 Å². The van der Waals surface area contributed by atoms with Crippen LogP contribution >= 0.6 is 0 Å². The number of fused-ring (bicyclic) bond motifs is 1. The molecule has 6 nitrogen and oxygen atoms in total. The van der Waals surface area contributed by atoms with Crippen molar-refractivity contribution in [2.75, 3.05) is 13.1 Å². The highest BCUT2D eigenvalue weighted by molar-refractivity contribution is 6.04. The lowest BCUT2D eigenvalue weighted by Gasteiger charge is -2.36. The Bertz CT molecular complexity index is 1100. The van der Waals surface area contributed by atoms with Crippen molar-refractivity contribution in [3.8, 4) is 5.69 Å². The molecule has 0 bridgehead atoms. The zero-order valence-electron chi connectivity index (χ0n) is 16.5. The predicted octanol–water partition coefficient (Wildman–Crippen LogP) is 3.30. The Balaban J connectivity index is 1.98. The van der Waals surface area contributed by atoms with Crippen LogP contribution in [0.15, 0.2) is 59.4 Å². The predicted molar refractivity (Wildman–Crippen MR) is 112 cm³/mol. The van der Waals surface area contributed by atoms with Crippen molar-refractivity contribution < 1.29 is 14.6 Å². The maximum atomic E-state index is 13.4. The molecule has 0 unspecified atom stereocenters. The fourth-order valence-electron chi connectivity index (χ4n) is 4.26. The van der Waals surface area contributed by atoms with E-state index in [-0.39, 0.29) is 23.3 Å². The number of benzene rings is 2. The molecule has 0 aliphatic carbocycles. The molecule has 2 aromatic carbocycles. The van der Waals surface area contributed by atoms with Crippen LogP contribution in [-0.2, 0) is 11.3 Å². The first-order valence-corrected chi connectivity index (χ1v) is 9.79. The molecule has 0 radical (unpaired) electrons. The molecule has 0 amide bonds. The Hall–Kier alpha value is -2.96. The highest BCUT2D eigenvalue weighted by Crippen LogP contribution is 2.25. The van der Waals surface area contributed by atoms with Crippen LogP contribution in [0.4, 0.5) is 0 Å². The number of aromatic carboxylic acids is 1. The minimum Gasteiger partial charge on any atom is -0.478 e. The van der Waals surface area contributed by atoms with E-state index in [2.05, 4.69) is 4.90 Å². The van der Waals surface area contributed by atoms with Gasteiger partial charge in [0.1, 0.15) is 0 Å². The largest absolute Gasteiger partial charge is 0.478 e. The van der Waals surface area contributed by atoms with Crippen LogP contribution < -0.4 is 5.56 Å². The fraction of sp³-hybridized carbons (Fsp3) is 0.304. The van der Waals surface area contributed by atoms with Crippen molar-refractivity contribution in [3.63, 3.8) is 0 Å². The van der Waals surface area contributed by atoms with Crippen molar-refractivity contribution in [3.05, 3.63) is 76.2 Å². The Kier molecular flexibility index (Phi) is 5.22. The summed E-state index contributed by atoms with van der Waals surface area (Å²) in [5.41, 5.74) is 1.13. The quantitative estimate of drug-likeness (QED) is 0.738. The number of hydrogen-bond donors (Lipinski definition) is 1. The van der Waals surface area contributed by atoms with Crippen molar-refractivity contribution in [2.24, 2.45) is 0 Å². The number of carbonyl (C=O) groups is 1. The number of para-hydroxylation sites is 1. The van der Waals surface area contributed by atoms with E-state index in [4.69, 9.17) is 4.74 Å². The summed E-state index contributed by atoms with van der Waals surface area (Å²) in [5, 5.41) is 11.0. The summed E-state index contributed by atoms with van der Waals surface area (Å²) in [7, 11) is 0. The first-order valence-electron chi connectivity index (χ1n) is 9.79. The summed E-state index contributed by atoms with van der Waals surface area (Å²) in [6, 6.07) is 16.2. The summed E-state index contributed by atoms with van der Waals surface area (Å²) < 4.78 is 7.37. The standard InChI is InChI=1S/C23H24N2O4/c1-15-12-24(13-16(2)29-15)14-20-21(23(27)28)18-10-6-7-11-19(18)22(26)25(20)17-8-4-3-5-9-17/h3-11,15-16H,12-14H2,1-2H3,(H,27,28)/t15-,16+. The number of pyridine rings is 1. The van der Waals surface area contributed by atoms with Gasteiger partial charge in [-0.25, -0.2) is 4.79 Å². The number of morpholine rings is 1. The number of aromatic nitrogens is 1. The van der Waals surface area contributed by atoms with Crippen LogP contribution in [0, 0.1) is 0 Å². The monoisotopic (exact) mass is 392 g/mol. The van der Waals surface area contributed by atoms with E-state index in [0.29, 0.717) is 41.8 Å². The van der Waals surface area contributed by atoms with Gasteiger partial charge in [-0.3, -0.25) is 14.3 Å². The van der Waals surface area contributed by atoms with Gasteiger partial charge in [-0.05, 0) is 32.0 Å².